The van der Waals surface area contributed by atoms with Gasteiger partial charge in [-0.2, -0.15) is 0 Å². The second-order valence-corrected chi connectivity index (χ2v) is 13.5. The van der Waals surface area contributed by atoms with Gasteiger partial charge in [0, 0.05) is 33.5 Å². The predicted octanol–water partition coefficient (Wildman–Crippen LogP) is 13.4. The Morgan fingerprint density at radius 2 is 0.542 bits per heavy atom. The molecule has 2 nitrogen and oxygen atoms in total. The summed E-state index contributed by atoms with van der Waals surface area (Å²) in [6.45, 7) is 13.1. The van der Waals surface area contributed by atoms with E-state index in [4.69, 9.17) is 0 Å². The van der Waals surface area contributed by atoms with Crippen LogP contribution in [0.5, 0.6) is 0 Å². The van der Waals surface area contributed by atoms with Gasteiger partial charge in [0.1, 0.15) is 0 Å². The van der Waals surface area contributed by atoms with Gasteiger partial charge in [-0.15, -0.1) is 0 Å². The van der Waals surface area contributed by atoms with E-state index in [1.165, 1.54) is 77.1 Å². The standard InChI is InChI=1S/C46H40N2/c1-29-7-15-35(16-8-29)47(36-17-9-30(2)10-18-36)43-27-33(5)39-24-26-42-44(28-34(6)40-23-25-41(43)45(39)46(40)42)48(37-19-11-31(3)12-20-37)38-21-13-32(4)14-22-38/h7-28H,1-6H3. The highest BCUT2D eigenvalue weighted by molar-refractivity contribution is 6.29. The van der Waals surface area contributed by atoms with Gasteiger partial charge in [-0.25, -0.2) is 0 Å². The lowest BCUT2D eigenvalue weighted by atomic mass is 9.88. The topological polar surface area (TPSA) is 6.48 Å². The SMILES string of the molecule is Cc1ccc(N(c2ccc(C)cc2)c2cc(C)c3ccc4c(N(c5ccc(C)cc5)c5ccc(C)cc5)cc(C)c5ccc2c3c54)cc1. The summed E-state index contributed by atoms with van der Waals surface area (Å²) in [6, 6.07) is 49.7. The van der Waals surface area contributed by atoms with Crippen LogP contribution in [0, 0.1) is 41.5 Å². The van der Waals surface area contributed by atoms with Crippen molar-refractivity contribution in [2.24, 2.45) is 0 Å². The monoisotopic (exact) mass is 620 g/mol. The molecule has 8 aromatic carbocycles. The Labute approximate surface area is 283 Å². The molecule has 0 radical (unpaired) electrons. The molecule has 0 saturated carbocycles. The van der Waals surface area contributed by atoms with Crippen molar-refractivity contribution in [1.29, 1.82) is 0 Å². The number of hydrogen-bond acceptors (Lipinski definition) is 2. The van der Waals surface area contributed by atoms with E-state index in [-0.39, 0.29) is 0 Å². The maximum Gasteiger partial charge on any atom is 0.0543 e. The quantitative estimate of drug-likeness (QED) is 0.171. The number of hydrogen-bond donors (Lipinski definition) is 0. The molecule has 0 aliphatic carbocycles. The summed E-state index contributed by atoms with van der Waals surface area (Å²) in [5.41, 5.74) is 14.6. The van der Waals surface area contributed by atoms with Crippen LogP contribution >= 0.6 is 0 Å². The molecule has 0 atom stereocenters. The Hall–Kier alpha value is -5.60. The Bertz CT molecular complexity index is 2150. The van der Waals surface area contributed by atoms with Crippen molar-refractivity contribution in [3.63, 3.8) is 0 Å². The lowest BCUT2D eigenvalue weighted by Gasteiger charge is -2.30. The highest BCUT2D eigenvalue weighted by atomic mass is 15.1. The van der Waals surface area contributed by atoms with E-state index in [2.05, 4.69) is 185 Å². The molecule has 0 bridgehead atoms. The molecule has 0 aromatic heterocycles. The van der Waals surface area contributed by atoms with Crippen LogP contribution in [0.15, 0.2) is 133 Å². The Kier molecular flexibility index (Phi) is 7.18. The molecule has 0 saturated heterocycles. The first-order valence-corrected chi connectivity index (χ1v) is 16.9. The number of anilines is 6. The largest absolute Gasteiger partial charge is 0.310 e. The van der Waals surface area contributed by atoms with E-state index in [1.54, 1.807) is 0 Å². The number of rotatable bonds is 6. The van der Waals surface area contributed by atoms with Gasteiger partial charge in [-0.05, 0) is 135 Å². The lowest BCUT2D eigenvalue weighted by Crippen LogP contribution is -2.12. The smallest absolute Gasteiger partial charge is 0.0543 e. The minimum atomic E-state index is 1.15. The number of benzene rings is 8. The van der Waals surface area contributed by atoms with Crippen LogP contribution in [-0.2, 0) is 0 Å². The second-order valence-electron chi connectivity index (χ2n) is 13.5. The first-order chi connectivity index (χ1) is 23.3. The van der Waals surface area contributed by atoms with Gasteiger partial charge in [0.25, 0.3) is 0 Å². The van der Waals surface area contributed by atoms with Crippen molar-refractivity contribution in [3.8, 4) is 0 Å². The molecule has 2 heteroatoms. The molecular weight excluding hydrogens is 581 g/mol. The van der Waals surface area contributed by atoms with E-state index >= 15 is 0 Å². The number of aryl methyl sites for hydroxylation is 6. The van der Waals surface area contributed by atoms with E-state index in [0.717, 1.165) is 22.7 Å². The molecule has 0 N–H and O–H groups in total. The van der Waals surface area contributed by atoms with Crippen LogP contribution in [0.2, 0.25) is 0 Å². The van der Waals surface area contributed by atoms with Gasteiger partial charge in [-0.3, -0.25) is 0 Å². The molecule has 0 unspecified atom stereocenters. The first kappa shape index (κ1) is 29.8. The summed E-state index contributed by atoms with van der Waals surface area (Å²) in [5.74, 6) is 0. The molecule has 0 fully saturated rings. The zero-order valence-electron chi connectivity index (χ0n) is 28.6. The Morgan fingerprint density at radius 1 is 0.292 bits per heavy atom. The molecule has 8 rings (SSSR count). The van der Waals surface area contributed by atoms with E-state index in [9.17, 15) is 0 Å². The van der Waals surface area contributed by atoms with Crippen molar-refractivity contribution in [2.45, 2.75) is 41.5 Å². The Balaban J connectivity index is 1.45. The van der Waals surface area contributed by atoms with Crippen molar-refractivity contribution in [3.05, 3.63) is 167 Å². The van der Waals surface area contributed by atoms with Gasteiger partial charge in [0.2, 0.25) is 0 Å². The highest BCUT2D eigenvalue weighted by Crippen LogP contribution is 2.49. The van der Waals surface area contributed by atoms with Crippen LogP contribution in [-0.4, -0.2) is 0 Å². The molecule has 48 heavy (non-hydrogen) atoms. The molecule has 234 valence electrons. The minimum Gasteiger partial charge on any atom is -0.310 e. The second kappa shape index (κ2) is 11.6. The summed E-state index contributed by atoms with van der Waals surface area (Å²) in [7, 11) is 0. The summed E-state index contributed by atoms with van der Waals surface area (Å²) in [4.78, 5) is 4.85. The van der Waals surface area contributed by atoms with Gasteiger partial charge in [-0.1, -0.05) is 95.1 Å². The van der Waals surface area contributed by atoms with Crippen molar-refractivity contribution >= 4 is 66.4 Å². The van der Waals surface area contributed by atoms with Gasteiger partial charge < -0.3 is 9.80 Å². The van der Waals surface area contributed by atoms with Crippen LogP contribution in [0.25, 0.3) is 32.3 Å². The molecule has 0 amide bonds. The highest BCUT2D eigenvalue weighted by Gasteiger charge is 2.23. The fourth-order valence-electron chi connectivity index (χ4n) is 7.30. The maximum absolute atomic E-state index is 2.43. The molecule has 8 aromatic rings. The summed E-state index contributed by atoms with van der Waals surface area (Å²) in [6.07, 6.45) is 0. The molecule has 0 aliphatic heterocycles. The lowest BCUT2D eigenvalue weighted by molar-refractivity contribution is 1.27. The van der Waals surface area contributed by atoms with E-state index < -0.39 is 0 Å². The normalized spacial score (nSPS) is 11.5. The molecule has 0 spiro atoms. The van der Waals surface area contributed by atoms with Crippen molar-refractivity contribution < 1.29 is 0 Å². The first-order valence-electron chi connectivity index (χ1n) is 16.9. The van der Waals surface area contributed by atoms with Crippen LogP contribution < -0.4 is 9.80 Å². The third-order valence-corrected chi connectivity index (χ3v) is 9.92. The minimum absolute atomic E-state index is 1.15. The third kappa shape index (κ3) is 4.96. The zero-order valence-corrected chi connectivity index (χ0v) is 28.6. The van der Waals surface area contributed by atoms with Crippen molar-refractivity contribution in [2.75, 3.05) is 9.80 Å². The van der Waals surface area contributed by atoms with Gasteiger partial charge in [0.15, 0.2) is 0 Å². The average molecular weight is 621 g/mol. The zero-order chi connectivity index (χ0) is 33.1. The average Bonchev–Trinajstić information content (AvgIpc) is 3.09. The number of nitrogens with zero attached hydrogens (tertiary/aromatic N) is 2. The summed E-state index contributed by atoms with van der Waals surface area (Å²) < 4.78 is 0. The van der Waals surface area contributed by atoms with E-state index in [1.807, 2.05) is 0 Å². The third-order valence-electron chi connectivity index (χ3n) is 9.92. The molecular formula is C46H40N2. The van der Waals surface area contributed by atoms with E-state index in [0.29, 0.717) is 0 Å². The van der Waals surface area contributed by atoms with Gasteiger partial charge >= 0.3 is 0 Å². The Morgan fingerprint density at radius 3 is 0.812 bits per heavy atom. The summed E-state index contributed by atoms with van der Waals surface area (Å²) in [5, 5.41) is 7.75. The van der Waals surface area contributed by atoms with Crippen LogP contribution in [0.1, 0.15) is 33.4 Å². The van der Waals surface area contributed by atoms with Gasteiger partial charge in [0.05, 0.1) is 11.4 Å². The fourth-order valence-corrected chi connectivity index (χ4v) is 7.30. The maximum atomic E-state index is 2.43. The fraction of sp³-hybridized carbons (Fsp3) is 0.130. The van der Waals surface area contributed by atoms with Crippen molar-refractivity contribution in [1.82, 2.24) is 0 Å². The molecule has 0 aliphatic rings. The predicted molar refractivity (Wildman–Crippen MR) is 208 cm³/mol. The van der Waals surface area contributed by atoms with Crippen LogP contribution in [0.4, 0.5) is 34.1 Å². The van der Waals surface area contributed by atoms with Crippen LogP contribution in [0.3, 0.4) is 0 Å². The summed E-state index contributed by atoms with van der Waals surface area (Å²) >= 11 is 0. The molecule has 0 heterocycles.